The van der Waals surface area contributed by atoms with E-state index in [9.17, 15) is 19.2 Å². The van der Waals surface area contributed by atoms with Gasteiger partial charge >= 0.3 is 24.0 Å². The Kier molecular flexibility index (Phi) is 19.2. The minimum Gasteiger partial charge on any atom is -0.469 e. The summed E-state index contributed by atoms with van der Waals surface area (Å²) in [6.07, 6.45) is 23.6. The lowest BCUT2D eigenvalue weighted by molar-refractivity contribution is -0.162. The van der Waals surface area contributed by atoms with Gasteiger partial charge < -0.3 is 34.9 Å². The maximum absolute atomic E-state index is 12.9. The number of carbonyl (C=O) groups is 4. The molecule has 6 atom stereocenters. The van der Waals surface area contributed by atoms with Gasteiger partial charge in [-0.2, -0.15) is 0 Å². The molecular weight excluding hydrogens is 843 g/mol. The van der Waals surface area contributed by atoms with Crippen LogP contribution in [0.25, 0.3) is 0 Å². The molecule has 1 amide bonds. The van der Waals surface area contributed by atoms with Crippen molar-refractivity contribution < 1.29 is 38.1 Å². The summed E-state index contributed by atoms with van der Waals surface area (Å²) in [5, 5.41) is 9.93. The van der Waals surface area contributed by atoms with Gasteiger partial charge in [-0.15, -0.1) is 0 Å². The summed E-state index contributed by atoms with van der Waals surface area (Å²) < 4.78 is 22.1. The van der Waals surface area contributed by atoms with Crippen molar-refractivity contribution in [3.8, 4) is 11.5 Å². The number of unbranched alkanes of at least 4 members (excludes halogenated alkanes) is 9. The predicted molar refractivity (Wildman–Crippen MR) is 265 cm³/mol. The number of rotatable bonds is 25. The maximum atomic E-state index is 12.9. The molecule has 0 saturated heterocycles. The summed E-state index contributed by atoms with van der Waals surface area (Å²) in [5.74, 6) is 1.16. The zero-order chi connectivity index (χ0) is 47.9. The van der Waals surface area contributed by atoms with E-state index in [0.29, 0.717) is 24.5 Å². The SMILES string of the molecule is COC(=O)[C@@]1(C)CCC[C@]2(C)c3cc(OC(=O)CCCNCCCCCCCCCCCCNCCCNC(=O)Oc4ccc5c(c4)[C@@]4(C)CCC[C@](C)(C(=O)OC)[C@@H]4CC5)ccc3CC[C@@H]12. The predicted octanol–water partition coefficient (Wildman–Crippen LogP) is 11.0. The van der Waals surface area contributed by atoms with E-state index in [1.807, 2.05) is 18.2 Å². The van der Waals surface area contributed by atoms with Crippen LogP contribution in [0.2, 0.25) is 0 Å². The minimum absolute atomic E-state index is 0.104. The second-order valence-corrected chi connectivity index (χ2v) is 21.5. The van der Waals surface area contributed by atoms with E-state index in [2.05, 4.69) is 61.8 Å². The lowest BCUT2D eigenvalue weighted by Crippen LogP contribution is -2.52. The number of methoxy groups -OCH3 is 2. The first kappa shape index (κ1) is 52.4. The van der Waals surface area contributed by atoms with Gasteiger partial charge in [0.15, 0.2) is 0 Å². The van der Waals surface area contributed by atoms with Crippen LogP contribution in [0.5, 0.6) is 11.5 Å². The Balaban J connectivity index is 0.716. The van der Waals surface area contributed by atoms with Gasteiger partial charge in [0, 0.05) is 13.0 Å². The minimum atomic E-state index is -0.499. The van der Waals surface area contributed by atoms with Crippen LogP contribution < -0.4 is 25.4 Å². The number of esters is 3. The van der Waals surface area contributed by atoms with Crippen molar-refractivity contribution in [1.82, 2.24) is 16.0 Å². The first-order valence-electron chi connectivity index (χ1n) is 26.3. The molecule has 0 spiro atoms. The molecule has 372 valence electrons. The number of carbonyl (C=O) groups excluding carboxylic acids is 4. The molecule has 0 aliphatic heterocycles. The molecule has 6 rings (SSSR count). The molecule has 0 heterocycles. The molecule has 4 aliphatic carbocycles. The van der Waals surface area contributed by atoms with Gasteiger partial charge in [0.2, 0.25) is 0 Å². The average molecular weight is 928 g/mol. The third-order valence-corrected chi connectivity index (χ3v) is 16.9. The fourth-order valence-electron chi connectivity index (χ4n) is 13.2. The summed E-state index contributed by atoms with van der Waals surface area (Å²) in [6, 6.07) is 12.1. The summed E-state index contributed by atoms with van der Waals surface area (Å²) in [7, 11) is 2.99. The van der Waals surface area contributed by atoms with Crippen molar-refractivity contribution in [2.75, 3.05) is 46.9 Å². The Bertz CT molecular complexity index is 1830. The molecule has 3 N–H and O–H groups in total. The van der Waals surface area contributed by atoms with Crippen molar-refractivity contribution in [1.29, 1.82) is 0 Å². The molecule has 0 unspecified atom stereocenters. The van der Waals surface area contributed by atoms with Gasteiger partial charge in [-0.25, -0.2) is 4.79 Å². The molecule has 11 nitrogen and oxygen atoms in total. The topological polar surface area (TPSA) is 141 Å². The van der Waals surface area contributed by atoms with Crippen LogP contribution >= 0.6 is 0 Å². The molecule has 2 aromatic carbocycles. The highest BCUT2D eigenvalue weighted by Gasteiger charge is 2.57. The zero-order valence-electron chi connectivity index (χ0n) is 42.2. The van der Waals surface area contributed by atoms with Gasteiger partial charge in [0.1, 0.15) is 11.5 Å². The van der Waals surface area contributed by atoms with Crippen molar-refractivity contribution >= 4 is 24.0 Å². The normalized spacial score (nSPS) is 26.2. The number of nitrogens with one attached hydrogen (secondary N) is 3. The van der Waals surface area contributed by atoms with E-state index in [-0.39, 0.29) is 40.6 Å². The average Bonchev–Trinajstić information content (AvgIpc) is 3.31. The fraction of sp³-hybridized carbons (Fsp3) is 0.714. The highest BCUT2D eigenvalue weighted by atomic mass is 16.6. The molecule has 2 fully saturated rings. The molecule has 4 aliphatic rings. The molecular formula is C56H85N3O8. The molecule has 0 aromatic heterocycles. The second-order valence-electron chi connectivity index (χ2n) is 21.5. The van der Waals surface area contributed by atoms with Crippen LogP contribution in [0, 0.1) is 22.7 Å². The van der Waals surface area contributed by atoms with Gasteiger partial charge in [0.25, 0.3) is 0 Å². The summed E-state index contributed by atoms with van der Waals surface area (Å²) in [5.41, 5.74) is 3.74. The molecule has 11 heteroatoms. The van der Waals surface area contributed by atoms with Crippen molar-refractivity contribution in [2.45, 2.75) is 186 Å². The number of aryl methyl sites for hydroxylation is 2. The van der Waals surface area contributed by atoms with Gasteiger partial charge in [-0.1, -0.05) is 90.2 Å². The smallest absolute Gasteiger partial charge is 0.412 e. The highest BCUT2D eigenvalue weighted by Crippen LogP contribution is 2.59. The van der Waals surface area contributed by atoms with E-state index < -0.39 is 16.9 Å². The van der Waals surface area contributed by atoms with E-state index in [1.54, 1.807) is 0 Å². The maximum Gasteiger partial charge on any atom is 0.412 e. The molecule has 0 bridgehead atoms. The largest absolute Gasteiger partial charge is 0.469 e. The molecule has 2 aromatic rings. The third-order valence-electron chi connectivity index (χ3n) is 16.9. The summed E-state index contributed by atoms with van der Waals surface area (Å²) in [6.45, 7) is 12.9. The highest BCUT2D eigenvalue weighted by molar-refractivity contribution is 5.78. The van der Waals surface area contributed by atoms with Gasteiger partial charge in [0.05, 0.1) is 25.0 Å². The molecule has 2 saturated carbocycles. The fourth-order valence-corrected chi connectivity index (χ4v) is 13.2. The van der Waals surface area contributed by atoms with E-state index in [0.717, 1.165) is 110 Å². The second kappa shape index (κ2) is 24.5. The van der Waals surface area contributed by atoms with Crippen LogP contribution in [-0.2, 0) is 47.5 Å². The van der Waals surface area contributed by atoms with E-state index in [1.165, 1.54) is 94.3 Å². The van der Waals surface area contributed by atoms with Crippen LogP contribution in [0.4, 0.5) is 4.79 Å². The number of hydrogen-bond acceptors (Lipinski definition) is 10. The Hall–Kier alpha value is -3.96. The lowest BCUT2D eigenvalue weighted by Gasteiger charge is -2.54. The number of amides is 1. The first-order valence-corrected chi connectivity index (χ1v) is 26.3. The van der Waals surface area contributed by atoms with Gasteiger partial charge in [-0.05, 0) is 186 Å². The van der Waals surface area contributed by atoms with E-state index in [4.69, 9.17) is 18.9 Å². The number of fused-ring (bicyclic) bond motifs is 6. The van der Waals surface area contributed by atoms with Crippen LogP contribution in [-0.4, -0.2) is 70.9 Å². The van der Waals surface area contributed by atoms with Crippen LogP contribution in [0.15, 0.2) is 36.4 Å². The van der Waals surface area contributed by atoms with Crippen LogP contribution in [0.3, 0.4) is 0 Å². The Labute approximate surface area is 402 Å². The Morgan fingerprint density at radius 3 is 1.45 bits per heavy atom. The first-order chi connectivity index (χ1) is 32.3. The van der Waals surface area contributed by atoms with Crippen LogP contribution in [0.1, 0.15) is 185 Å². The molecule has 0 radical (unpaired) electrons. The van der Waals surface area contributed by atoms with Crippen molar-refractivity contribution in [3.63, 3.8) is 0 Å². The van der Waals surface area contributed by atoms with Crippen molar-refractivity contribution in [3.05, 3.63) is 58.7 Å². The summed E-state index contributed by atoms with van der Waals surface area (Å²) >= 11 is 0. The zero-order valence-corrected chi connectivity index (χ0v) is 42.2. The van der Waals surface area contributed by atoms with E-state index >= 15 is 0 Å². The number of hydrogen-bond donors (Lipinski definition) is 3. The quantitative estimate of drug-likeness (QED) is 0.0501. The monoisotopic (exact) mass is 928 g/mol. The molecule has 67 heavy (non-hydrogen) atoms. The Morgan fingerprint density at radius 2 is 0.970 bits per heavy atom. The lowest BCUT2D eigenvalue weighted by atomic mass is 9.50. The summed E-state index contributed by atoms with van der Waals surface area (Å²) in [4.78, 5) is 51.2. The van der Waals surface area contributed by atoms with Crippen molar-refractivity contribution in [2.24, 2.45) is 22.7 Å². The van der Waals surface area contributed by atoms with Gasteiger partial charge in [-0.3, -0.25) is 14.4 Å². The Morgan fingerprint density at radius 1 is 0.537 bits per heavy atom. The standard InChI is InChI=1S/C56H85N3O8/c1-53-30-18-32-55(3,50(61)64-5)47(53)28-24-41-22-26-43(39-45(41)53)66-49(60)21-17-36-57-34-15-13-11-9-7-8-10-12-14-16-35-58-37-20-38-59-52(63)67-44-27-23-42-25-29-48-54(2,46(42)40-44)31-19-33-56(48,4)51(62)65-6/h22-23,26-27,39-40,47-48,57-58H,7-21,24-25,28-38H2,1-6H3,(H,59,63)/t47-,48-,53-,54-,55+,56+/m1/s1. The number of ether oxygens (including phenoxy) is 4. The third kappa shape index (κ3) is 12.8. The number of benzene rings is 2.